The summed E-state index contributed by atoms with van der Waals surface area (Å²) in [6.07, 6.45) is 1.38. The lowest BCUT2D eigenvalue weighted by atomic mass is 9.81. The Bertz CT molecular complexity index is 118. The minimum atomic E-state index is 0.648. The summed E-state index contributed by atoms with van der Waals surface area (Å²) >= 11 is 0. The third kappa shape index (κ3) is 0.775. The highest BCUT2D eigenvalue weighted by atomic mass is 15.2. The fourth-order valence-corrected chi connectivity index (χ4v) is 1.84. The molecule has 0 saturated carbocycles. The molecule has 2 aliphatic heterocycles. The molecule has 2 rings (SSSR count). The van der Waals surface area contributed by atoms with Gasteiger partial charge >= 0.3 is 0 Å². The quantitative estimate of drug-likeness (QED) is 0.443. The maximum absolute atomic E-state index is 4.26. The third-order valence-corrected chi connectivity index (χ3v) is 2.52. The molecule has 0 atom stereocenters. The zero-order valence-corrected chi connectivity index (χ0v) is 5.93. The number of rotatable bonds is 0. The van der Waals surface area contributed by atoms with E-state index in [1.54, 1.807) is 0 Å². The average molecular weight is 125 g/mol. The molecule has 0 N–H and O–H groups in total. The van der Waals surface area contributed by atoms with E-state index in [4.69, 9.17) is 0 Å². The Morgan fingerprint density at radius 3 is 2.44 bits per heavy atom. The first-order valence-electron chi connectivity index (χ1n) is 3.63. The van der Waals surface area contributed by atoms with Crippen LogP contribution in [0.1, 0.15) is 6.42 Å². The molecule has 2 fully saturated rings. The van der Waals surface area contributed by atoms with Crippen LogP contribution in [0, 0.1) is 5.41 Å². The van der Waals surface area contributed by atoms with Gasteiger partial charge in [-0.15, -0.1) is 0 Å². The average Bonchev–Trinajstić information content (AvgIpc) is 2.09. The summed E-state index contributed by atoms with van der Waals surface area (Å²) in [6.45, 7) is 4.85. The molecule has 0 aromatic heterocycles. The van der Waals surface area contributed by atoms with Crippen molar-refractivity contribution >= 4 is 0 Å². The van der Waals surface area contributed by atoms with E-state index in [2.05, 4.69) is 17.3 Å². The van der Waals surface area contributed by atoms with Gasteiger partial charge < -0.3 is 4.90 Å². The van der Waals surface area contributed by atoms with Crippen LogP contribution in [0.25, 0.3) is 0 Å². The molecule has 51 valence electrons. The van der Waals surface area contributed by atoms with Crippen molar-refractivity contribution in [2.24, 2.45) is 5.41 Å². The van der Waals surface area contributed by atoms with Gasteiger partial charge in [0.2, 0.25) is 0 Å². The van der Waals surface area contributed by atoms with Gasteiger partial charge in [0.15, 0.2) is 0 Å². The third-order valence-electron chi connectivity index (χ3n) is 2.52. The van der Waals surface area contributed by atoms with Gasteiger partial charge in [-0.3, -0.25) is 0 Å². The Labute approximate surface area is 56.2 Å². The maximum atomic E-state index is 4.26. The van der Waals surface area contributed by atoms with Crippen molar-refractivity contribution in [2.45, 2.75) is 6.42 Å². The van der Waals surface area contributed by atoms with Gasteiger partial charge in [0.25, 0.3) is 0 Å². The van der Waals surface area contributed by atoms with Crippen molar-refractivity contribution in [2.75, 3.05) is 33.2 Å². The first-order valence-corrected chi connectivity index (χ1v) is 3.63. The molecule has 2 nitrogen and oxygen atoms in total. The Balaban J connectivity index is 1.99. The normalized spacial score (nSPS) is 33.0. The van der Waals surface area contributed by atoms with Crippen LogP contribution in [0.5, 0.6) is 0 Å². The van der Waals surface area contributed by atoms with Gasteiger partial charge in [-0.05, 0) is 20.0 Å². The molecule has 1 spiro atoms. The zero-order chi connectivity index (χ0) is 6.32. The van der Waals surface area contributed by atoms with Crippen LogP contribution in [-0.4, -0.2) is 38.1 Å². The minimum absolute atomic E-state index is 0.648. The SMILES string of the molecule is CN1CCC2(C[N]C2)C1. The van der Waals surface area contributed by atoms with Crippen LogP contribution >= 0.6 is 0 Å². The molecule has 0 aromatic rings. The van der Waals surface area contributed by atoms with Crippen molar-refractivity contribution < 1.29 is 0 Å². The van der Waals surface area contributed by atoms with Crippen molar-refractivity contribution in [1.82, 2.24) is 10.2 Å². The van der Waals surface area contributed by atoms with E-state index in [0.717, 1.165) is 13.1 Å². The molecule has 0 bridgehead atoms. The highest BCUT2D eigenvalue weighted by Gasteiger charge is 2.42. The van der Waals surface area contributed by atoms with Gasteiger partial charge in [0.1, 0.15) is 0 Å². The van der Waals surface area contributed by atoms with Crippen molar-refractivity contribution in [3.63, 3.8) is 0 Å². The highest BCUT2D eigenvalue weighted by Crippen LogP contribution is 2.33. The standard InChI is InChI=1S/C7H13N2/c1-9-3-2-7(6-9)4-8-5-7/h2-6H2,1H3. The Morgan fingerprint density at radius 1 is 1.44 bits per heavy atom. The first kappa shape index (κ1) is 5.69. The Hall–Kier alpha value is -0.0800. The number of nitrogens with zero attached hydrogens (tertiary/aromatic N) is 2. The van der Waals surface area contributed by atoms with E-state index in [0.29, 0.717) is 5.41 Å². The minimum Gasteiger partial charge on any atom is -0.306 e. The highest BCUT2D eigenvalue weighted by molar-refractivity contribution is 4.98. The summed E-state index contributed by atoms with van der Waals surface area (Å²) in [7, 11) is 2.20. The van der Waals surface area contributed by atoms with E-state index in [9.17, 15) is 0 Å². The molecule has 9 heavy (non-hydrogen) atoms. The van der Waals surface area contributed by atoms with Crippen LogP contribution in [0.4, 0.5) is 0 Å². The van der Waals surface area contributed by atoms with Gasteiger partial charge in [-0.25, -0.2) is 5.32 Å². The summed E-state index contributed by atoms with van der Waals surface area (Å²) in [5, 5.41) is 4.26. The van der Waals surface area contributed by atoms with Crippen molar-refractivity contribution in [3.05, 3.63) is 0 Å². The number of likely N-dealkylation sites (tertiary alicyclic amines) is 1. The van der Waals surface area contributed by atoms with Crippen molar-refractivity contribution in [1.29, 1.82) is 0 Å². The Morgan fingerprint density at radius 2 is 2.22 bits per heavy atom. The van der Waals surface area contributed by atoms with E-state index >= 15 is 0 Å². The van der Waals surface area contributed by atoms with Gasteiger partial charge in [0.05, 0.1) is 0 Å². The van der Waals surface area contributed by atoms with Gasteiger partial charge in [0, 0.05) is 25.0 Å². The zero-order valence-electron chi connectivity index (χ0n) is 5.93. The van der Waals surface area contributed by atoms with E-state index in [1.807, 2.05) is 0 Å². The molecule has 2 heteroatoms. The number of hydrogen-bond donors (Lipinski definition) is 0. The molecular formula is C7H13N2. The molecule has 2 saturated heterocycles. The first-order chi connectivity index (χ1) is 4.31. The van der Waals surface area contributed by atoms with Crippen LogP contribution in [-0.2, 0) is 0 Å². The fourth-order valence-electron chi connectivity index (χ4n) is 1.84. The molecule has 0 aromatic carbocycles. The molecule has 0 unspecified atom stereocenters. The van der Waals surface area contributed by atoms with Crippen LogP contribution in [0.2, 0.25) is 0 Å². The van der Waals surface area contributed by atoms with Gasteiger partial charge in [-0.1, -0.05) is 0 Å². The summed E-state index contributed by atoms with van der Waals surface area (Å²) in [4.78, 5) is 2.41. The lowest BCUT2D eigenvalue weighted by Gasteiger charge is -2.37. The largest absolute Gasteiger partial charge is 0.306 e. The van der Waals surface area contributed by atoms with E-state index in [-0.39, 0.29) is 0 Å². The second-order valence-electron chi connectivity index (χ2n) is 3.53. The van der Waals surface area contributed by atoms with E-state index < -0.39 is 0 Å². The molecular weight excluding hydrogens is 112 g/mol. The topological polar surface area (TPSA) is 17.3 Å². The van der Waals surface area contributed by atoms with E-state index in [1.165, 1.54) is 19.5 Å². The van der Waals surface area contributed by atoms with Crippen LogP contribution < -0.4 is 5.32 Å². The lowest BCUT2D eigenvalue weighted by molar-refractivity contribution is 0.172. The second-order valence-corrected chi connectivity index (χ2v) is 3.53. The van der Waals surface area contributed by atoms with Crippen LogP contribution in [0.15, 0.2) is 0 Å². The maximum Gasteiger partial charge on any atom is 0.0215 e. The molecule has 1 radical (unpaired) electrons. The molecule has 2 heterocycles. The van der Waals surface area contributed by atoms with Crippen LogP contribution in [0.3, 0.4) is 0 Å². The second kappa shape index (κ2) is 1.70. The summed E-state index contributed by atoms with van der Waals surface area (Å²) < 4.78 is 0. The summed E-state index contributed by atoms with van der Waals surface area (Å²) in [5.74, 6) is 0. The smallest absolute Gasteiger partial charge is 0.0215 e. The predicted octanol–water partition coefficient (Wildman–Crippen LogP) is -0.0737. The number of hydrogen-bond acceptors (Lipinski definition) is 1. The molecule has 0 aliphatic carbocycles. The predicted molar refractivity (Wildman–Crippen MR) is 36.4 cm³/mol. The lowest BCUT2D eigenvalue weighted by Crippen LogP contribution is -2.50. The molecule has 0 amide bonds. The summed E-state index contributed by atoms with van der Waals surface area (Å²) in [5.41, 5.74) is 0.648. The monoisotopic (exact) mass is 125 g/mol. The Kier molecular flexibility index (Phi) is 1.08. The van der Waals surface area contributed by atoms with Gasteiger partial charge in [-0.2, -0.15) is 0 Å². The molecule has 2 aliphatic rings. The van der Waals surface area contributed by atoms with Crippen molar-refractivity contribution in [3.8, 4) is 0 Å². The summed E-state index contributed by atoms with van der Waals surface area (Å²) in [6, 6.07) is 0. The fraction of sp³-hybridized carbons (Fsp3) is 1.00.